The fraction of sp³-hybridized carbons (Fsp3) is 0.0588. The van der Waals surface area contributed by atoms with Gasteiger partial charge in [0.2, 0.25) is 0 Å². The summed E-state index contributed by atoms with van der Waals surface area (Å²) in [6.45, 7) is 6.07. The van der Waals surface area contributed by atoms with Gasteiger partial charge in [-0.3, -0.25) is 0 Å². The van der Waals surface area contributed by atoms with Gasteiger partial charge in [-0.15, -0.1) is 0 Å². The van der Waals surface area contributed by atoms with Gasteiger partial charge in [-0.1, -0.05) is 54.6 Å². The number of allylic oxidation sites excluding steroid dienone is 2. The Morgan fingerprint density at radius 1 is 1.21 bits per heavy atom. The van der Waals surface area contributed by atoms with E-state index in [1.165, 1.54) is 17.7 Å². The minimum Gasteiger partial charge on any atom is -0.398 e. The zero-order chi connectivity index (χ0) is 13.8. The van der Waals surface area contributed by atoms with Crippen LogP contribution >= 0.6 is 0 Å². The van der Waals surface area contributed by atoms with E-state index in [1.54, 1.807) is 6.07 Å². The second-order valence-electron chi connectivity index (χ2n) is 4.50. The molecule has 0 bridgehead atoms. The Kier molecular flexibility index (Phi) is 3.81. The molecule has 96 valence electrons. The van der Waals surface area contributed by atoms with E-state index in [2.05, 4.69) is 12.6 Å². The van der Waals surface area contributed by atoms with Gasteiger partial charge in [0.25, 0.3) is 0 Å². The minimum absolute atomic E-state index is 0.327. The smallest absolute Gasteiger partial charge is 0.125 e. The van der Waals surface area contributed by atoms with Gasteiger partial charge in [0.15, 0.2) is 0 Å². The highest BCUT2D eigenvalue weighted by molar-refractivity contribution is 5.79. The third kappa shape index (κ3) is 3.32. The SMILES string of the molecule is C=C(/C=C\c1ccc(F)cc1N)c1cccc(C)c1. The van der Waals surface area contributed by atoms with E-state index < -0.39 is 0 Å². The average molecular weight is 253 g/mol. The van der Waals surface area contributed by atoms with Gasteiger partial charge in [-0.2, -0.15) is 0 Å². The van der Waals surface area contributed by atoms with Crippen LogP contribution in [0.4, 0.5) is 10.1 Å². The Balaban J connectivity index is 2.21. The highest BCUT2D eigenvalue weighted by Crippen LogP contribution is 2.19. The third-order valence-corrected chi connectivity index (χ3v) is 2.90. The van der Waals surface area contributed by atoms with Crippen molar-refractivity contribution in [3.05, 3.63) is 77.6 Å². The average Bonchev–Trinajstić information content (AvgIpc) is 2.37. The van der Waals surface area contributed by atoms with Gasteiger partial charge >= 0.3 is 0 Å². The summed E-state index contributed by atoms with van der Waals surface area (Å²) in [5.74, 6) is -0.327. The lowest BCUT2D eigenvalue weighted by atomic mass is 10.0. The lowest BCUT2D eigenvalue weighted by molar-refractivity contribution is 0.628. The van der Waals surface area contributed by atoms with Crippen LogP contribution in [0.15, 0.2) is 55.1 Å². The lowest BCUT2D eigenvalue weighted by Gasteiger charge is -2.03. The van der Waals surface area contributed by atoms with E-state index in [-0.39, 0.29) is 5.82 Å². The Morgan fingerprint density at radius 2 is 2.00 bits per heavy atom. The molecule has 0 unspecified atom stereocenters. The fourth-order valence-electron chi connectivity index (χ4n) is 1.83. The molecule has 2 rings (SSSR count). The summed E-state index contributed by atoms with van der Waals surface area (Å²) in [5, 5.41) is 0. The van der Waals surface area contributed by atoms with E-state index in [0.717, 1.165) is 16.7 Å². The molecule has 0 heterocycles. The van der Waals surface area contributed by atoms with Crippen LogP contribution in [0.25, 0.3) is 11.6 Å². The summed E-state index contributed by atoms with van der Waals surface area (Å²) >= 11 is 0. The van der Waals surface area contributed by atoms with Gasteiger partial charge in [0, 0.05) is 5.69 Å². The van der Waals surface area contributed by atoms with Gasteiger partial charge < -0.3 is 5.73 Å². The molecule has 2 heteroatoms. The van der Waals surface area contributed by atoms with E-state index in [4.69, 9.17) is 5.73 Å². The number of nitrogens with two attached hydrogens (primary N) is 1. The zero-order valence-electron chi connectivity index (χ0n) is 10.9. The summed E-state index contributed by atoms with van der Waals surface area (Å²) in [5.41, 5.74) is 10.1. The van der Waals surface area contributed by atoms with E-state index in [0.29, 0.717) is 5.69 Å². The summed E-state index contributed by atoms with van der Waals surface area (Å²) in [4.78, 5) is 0. The van der Waals surface area contributed by atoms with Crippen molar-refractivity contribution in [2.24, 2.45) is 0 Å². The number of halogens is 1. The van der Waals surface area contributed by atoms with Gasteiger partial charge in [-0.05, 0) is 35.8 Å². The number of hydrogen-bond donors (Lipinski definition) is 1. The first-order valence-electron chi connectivity index (χ1n) is 6.05. The van der Waals surface area contributed by atoms with Crippen molar-refractivity contribution in [3.8, 4) is 0 Å². The molecule has 0 spiro atoms. The highest BCUT2D eigenvalue weighted by atomic mass is 19.1. The van der Waals surface area contributed by atoms with E-state index in [1.807, 2.05) is 37.3 Å². The molecule has 0 fully saturated rings. The molecular formula is C17H16FN. The van der Waals surface area contributed by atoms with Gasteiger partial charge in [0.1, 0.15) is 5.82 Å². The van der Waals surface area contributed by atoms with Gasteiger partial charge in [-0.25, -0.2) is 4.39 Å². The first-order valence-corrected chi connectivity index (χ1v) is 6.05. The lowest BCUT2D eigenvalue weighted by Crippen LogP contribution is -1.90. The molecule has 0 aromatic heterocycles. The monoisotopic (exact) mass is 253 g/mol. The molecule has 2 aromatic carbocycles. The summed E-state index contributed by atoms with van der Waals surface area (Å²) in [7, 11) is 0. The maximum atomic E-state index is 12.9. The number of nitrogen functional groups attached to an aromatic ring is 1. The summed E-state index contributed by atoms with van der Waals surface area (Å²) in [6.07, 6.45) is 3.73. The molecule has 0 atom stereocenters. The molecule has 19 heavy (non-hydrogen) atoms. The number of aryl methyl sites for hydroxylation is 1. The van der Waals surface area contributed by atoms with Crippen molar-refractivity contribution in [2.45, 2.75) is 6.92 Å². The molecular weight excluding hydrogens is 237 g/mol. The zero-order valence-corrected chi connectivity index (χ0v) is 10.9. The summed E-state index contributed by atoms with van der Waals surface area (Å²) in [6, 6.07) is 12.5. The number of hydrogen-bond acceptors (Lipinski definition) is 1. The molecule has 2 aromatic rings. The van der Waals surface area contributed by atoms with Crippen molar-refractivity contribution >= 4 is 17.3 Å². The van der Waals surface area contributed by atoms with Crippen LogP contribution in [0.5, 0.6) is 0 Å². The van der Waals surface area contributed by atoms with Crippen molar-refractivity contribution < 1.29 is 4.39 Å². The second-order valence-corrected chi connectivity index (χ2v) is 4.50. The first-order chi connectivity index (χ1) is 9.06. The molecule has 0 aliphatic heterocycles. The topological polar surface area (TPSA) is 26.0 Å². The predicted molar refractivity (Wildman–Crippen MR) is 80.1 cm³/mol. The van der Waals surface area contributed by atoms with E-state index in [9.17, 15) is 4.39 Å². The Morgan fingerprint density at radius 3 is 2.68 bits per heavy atom. The highest BCUT2D eigenvalue weighted by Gasteiger charge is 1.99. The molecule has 0 amide bonds. The van der Waals surface area contributed by atoms with Crippen molar-refractivity contribution in [3.63, 3.8) is 0 Å². The molecule has 2 N–H and O–H groups in total. The standard InChI is InChI=1S/C17H16FN/c1-12-4-3-5-15(10-12)13(2)6-7-14-8-9-16(18)11-17(14)19/h3-11H,2,19H2,1H3/b7-6-. The molecule has 0 aliphatic carbocycles. The fourth-order valence-corrected chi connectivity index (χ4v) is 1.83. The number of benzene rings is 2. The minimum atomic E-state index is -0.327. The van der Waals surface area contributed by atoms with Gasteiger partial charge in [0.05, 0.1) is 0 Å². The molecule has 0 saturated heterocycles. The van der Waals surface area contributed by atoms with Crippen molar-refractivity contribution in [1.82, 2.24) is 0 Å². The Bertz CT molecular complexity index is 641. The van der Waals surface area contributed by atoms with Crippen LogP contribution in [-0.2, 0) is 0 Å². The second kappa shape index (κ2) is 5.53. The largest absolute Gasteiger partial charge is 0.398 e. The van der Waals surface area contributed by atoms with Crippen LogP contribution in [-0.4, -0.2) is 0 Å². The van der Waals surface area contributed by atoms with Crippen molar-refractivity contribution in [1.29, 1.82) is 0 Å². The Hall–Kier alpha value is -2.35. The Labute approximate surface area is 112 Å². The maximum absolute atomic E-state index is 12.9. The molecule has 1 nitrogen and oxygen atoms in total. The van der Waals surface area contributed by atoms with E-state index >= 15 is 0 Å². The van der Waals surface area contributed by atoms with Crippen LogP contribution < -0.4 is 5.73 Å². The molecule has 0 radical (unpaired) electrons. The van der Waals surface area contributed by atoms with Crippen LogP contribution in [0, 0.1) is 12.7 Å². The summed E-state index contributed by atoms with van der Waals surface area (Å²) < 4.78 is 12.9. The van der Waals surface area contributed by atoms with Crippen LogP contribution in [0.3, 0.4) is 0 Å². The van der Waals surface area contributed by atoms with Crippen molar-refractivity contribution in [2.75, 3.05) is 5.73 Å². The van der Waals surface area contributed by atoms with Crippen LogP contribution in [0.1, 0.15) is 16.7 Å². The van der Waals surface area contributed by atoms with Crippen LogP contribution in [0.2, 0.25) is 0 Å². The predicted octanol–water partition coefficient (Wildman–Crippen LogP) is 4.44. The third-order valence-electron chi connectivity index (χ3n) is 2.90. The quantitative estimate of drug-likeness (QED) is 0.635. The number of rotatable bonds is 3. The number of anilines is 1. The normalized spacial score (nSPS) is 10.8. The molecule has 0 aliphatic rings. The first kappa shape index (κ1) is 13.1. The maximum Gasteiger partial charge on any atom is 0.125 e. The molecule has 0 saturated carbocycles.